The molecule has 1 aliphatic rings. The third kappa shape index (κ3) is 1.93. The number of carboxylic acids is 1. The van der Waals surface area contributed by atoms with E-state index in [1.165, 1.54) is 0 Å². The molecular weight excluding hydrogens is 142 g/mol. The van der Waals surface area contributed by atoms with Crippen LogP contribution in [0.5, 0.6) is 0 Å². The van der Waals surface area contributed by atoms with Gasteiger partial charge in [0.2, 0.25) is 0 Å². The van der Waals surface area contributed by atoms with Crippen molar-refractivity contribution in [3.8, 4) is 0 Å². The molecule has 0 aromatic carbocycles. The second-order valence-electron chi connectivity index (χ2n) is 3.62. The van der Waals surface area contributed by atoms with Crippen molar-refractivity contribution in [3.05, 3.63) is 0 Å². The summed E-state index contributed by atoms with van der Waals surface area (Å²) in [5.74, 6) is -0.648. The SMILES string of the molecule is CC(C)NCC1(C(=O)O)CC1. The monoisotopic (exact) mass is 157 g/mol. The topological polar surface area (TPSA) is 49.3 Å². The largest absolute Gasteiger partial charge is 0.481 e. The molecule has 2 N–H and O–H groups in total. The number of nitrogens with one attached hydrogen (secondary N) is 1. The van der Waals surface area contributed by atoms with Crippen molar-refractivity contribution in [1.82, 2.24) is 5.32 Å². The average Bonchev–Trinajstić information content (AvgIpc) is 2.63. The zero-order valence-electron chi connectivity index (χ0n) is 7.05. The number of carbonyl (C=O) groups is 1. The Hall–Kier alpha value is -0.570. The Morgan fingerprint density at radius 1 is 1.64 bits per heavy atom. The maximum Gasteiger partial charge on any atom is 0.310 e. The van der Waals surface area contributed by atoms with Crippen LogP contribution in [-0.4, -0.2) is 23.7 Å². The molecule has 1 fully saturated rings. The van der Waals surface area contributed by atoms with Gasteiger partial charge >= 0.3 is 5.97 Å². The van der Waals surface area contributed by atoms with E-state index in [1.54, 1.807) is 0 Å². The maximum atomic E-state index is 10.7. The molecule has 0 atom stereocenters. The highest BCUT2D eigenvalue weighted by molar-refractivity contribution is 5.78. The summed E-state index contributed by atoms with van der Waals surface area (Å²) in [4.78, 5) is 10.7. The van der Waals surface area contributed by atoms with Crippen LogP contribution >= 0.6 is 0 Å². The third-order valence-corrected chi connectivity index (χ3v) is 2.16. The first kappa shape index (κ1) is 8.53. The third-order valence-electron chi connectivity index (χ3n) is 2.16. The molecule has 0 spiro atoms. The minimum absolute atomic E-state index is 0.381. The number of hydrogen-bond donors (Lipinski definition) is 2. The van der Waals surface area contributed by atoms with Gasteiger partial charge in [-0.3, -0.25) is 4.79 Å². The Balaban J connectivity index is 2.31. The van der Waals surface area contributed by atoms with Gasteiger partial charge in [0.05, 0.1) is 5.41 Å². The van der Waals surface area contributed by atoms with Crippen LogP contribution in [0.1, 0.15) is 26.7 Å². The molecule has 1 saturated carbocycles. The van der Waals surface area contributed by atoms with E-state index in [-0.39, 0.29) is 0 Å². The molecule has 1 aliphatic carbocycles. The van der Waals surface area contributed by atoms with Gasteiger partial charge in [0, 0.05) is 12.6 Å². The summed E-state index contributed by atoms with van der Waals surface area (Å²) in [6, 6.07) is 0.381. The fourth-order valence-corrected chi connectivity index (χ4v) is 1.02. The Morgan fingerprint density at radius 3 is 2.45 bits per heavy atom. The Bertz CT molecular complexity index is 161. The summed E-state index contributed by atoms with van der Waals surface area (Å²) in [6.45, 7) is 4.68. The summed E-state index contributed by atoms with van der Waals surface area (Å²) < 4.78 is 0. The summed E-state index contributed by atoms with van der Waals surface area (Å²) in [5, 5.41) is 11.9. The van der Waals surface area contributed by atoms with Crippen molar-refractivity contribution in [2.75, 3.05) is 6.54 Å². The fraction of sp³-hybridized carbons (Fsp3) is 0.875. The van der Waals surface area contributed by atoms with E-state index >= 15 is 0 Å². The Labute approximate surface area is 66.8 Å². The van der Waals surface area contributed by atoms with Crippen molar-refractivity contribution >= 4 is 5.97 Å². The highest BCUT2D eigenvalue weighted by atomic mass is 16.4. The molecule has 0 unspecified atom stereocenters. The lowest BCUT2D eigenvalue weighted by molar-refractivity contribution is -0.143. The lowest BCUT2D eigenvalue weighted by atomic mass is 10.1. The molecule has 1 rings (SSSR count). The minimum atomic E-state index is -0.648. The van der Waals surface area contributed by atoms with Crippen molar-refractivity contribution in [2.45, 2.75) is 32.7 Å². The molecule has 3 nitrogen and oxygen atoms in total. The first-order chi connectivity index (χ1) is 5.07. The molecule has 0 aliphatic heterocycles. The van der Waals surface area contributed by atoms with Crippen LogP contribution in [0.2, 0.25) is 0 Å². The summed E-state index contributed by atoms with van der Waals surface area (Å²) in [5.41, 5.74) is -0.412. The van der Waals surface area contributed by atoms with E-state index in [9.17, 15) is 4.79 Å². The lowest BCUT2D eigenvalue weighted by Gasteiger charge is -2.12. The minimum Gasteiger partial charge on any atom is -0.481 e. The lowest BCUT2D eigenvalue weighted by Crippen LogP contribution is -2.33. The predicted molar refractivity (Wildman–Crippen MR) is 42.4 cm³/mol. The maximum absolute atomic E-state index is 10.7. The molecular formula is C8H15NO2. The molecule has 0 heterocycles. The number of aliphatic carboxylic acids is 1. The molecule has 0 saturated heterocycles. The molecule has 0 radical (unpaired) electrons. The molecule has 64 valence electrons. The van der Waals surface area contributed by atoms with Crippen LogP contribution in [0, 0.1) is 5.41 Å². The Kier molecular flexibility index (Phi) is 2.18. The molecule has 0 aromatic heterocycles. The van der Waals surface area contributed by atoms with Crippen LogP contribution in [0.4, 0.5) is 0 Å². The van der Waals surface area contributed by atoms with Crippen molar-refractivity contribution < 1.29 is 9.90 Å². The number of rotatable bonds is 4. The quantitative estimate of drug-likeness (QED) is 0.636. The smallest absolute Gasteiger partial charge is 0.310 e. The van der Waals surface area contributed by atoms with Crippen LogP contribution in [-0.2, 0) is 4.79 Å². The fourth-order valence-electron chi connectivity index (χ4n) is 1.02. The van der Waals surface area contributed by atoms with Gasteiger partial charge in [0.25, 0.3) is 0 Å². The zero-order valence-corrected chi connectivity index (χ0v) is 7.05. The normalized spacial score (nSPS) is 20.3. The van der Waals surface area contributed by atoms with Crippen LogP contribution in [0.25, 0.3) is 0 Å². The van der Waals surface area contributed by atoms with Gasteiger partial charge in [0.1, 0.15) is 0 Å². The van der Waals surface area contributed by atoms with Gasteiger partial charge in [-0.15, -0.1) is 0 Å². The van der Waals surface area contributed by atoms with E-state index in [0.29, 0.717) is 12.6 Å². The van der Waals surface area contributed by atoms with Gasteiger partial charge in [-0.25, -0.2) is 0 Å². The number of carboxylic acid groups (broad SMARTS) is 1. The zero-order chi connectivity index (χ0) is 8.48. The van der Waals surface area contributed by atoms with E-state index in [1.807, 2.05) is 13.8 Å². The van der Waals surface area contributed by atoms with Gasteiger partial charge in [-0.05, 0) is 12.8 Å². The van der Waals surface area contributed by atoms with E-state index < -0.39 is 11.4 Å². The molecule has 0 bridgehead atoms. The summed E-state index contributed by atoms with van der Waals surface area (Å²) in [6.07, 6.45) is 1.67. The van der Waals surface area contributed by atoms with Gasteiger partial charge in [0.15, 0.2) is 0 Å². The molecule has 3 heteroatoms. The van der Waals surface area contributed by atoms with Crippen LogP contribution < -0.4 is 5.32 Å². The predicted octanol–water partition coefficient (Wildman–Crippen LogP) is 0.849. The van der Waals surface area contributed by atoms with E-state index in [4.69, 9.17) is 5.11 Å². The van der Waals surface area contributed by atoms with Crippen molar-refractivity contribution in [2.24, 2.45) is 5.41 Å². The standard InChI is InChI=1S/C8H15NO2/c1-6(2)9-5-8(3-4-8)7(10)11/h6,9H,3-5H2,1-2H3,(H,10,11). The Morgan fingerprint density at radius 2 is 2.18 bits per heavy atom. The van der Waals surface area contributed by atoms with Crippen molar-refractivity contribution in [3.63, 3.8) is 0 Å². The molecule has 11 heavy (non-hydrogen) atoms. The molecule has 0 aromatic rings. The first-order valence-corrected chi connectivity index (χ1v) is 4.04. The molecule has 0 amide bonds. The first-order valence-electron chi connectivity index (χ1n) is 4.04. The van der Waals surface area contributed by atoms with Gasteiger partial charge < -0.3 is 10.4 Å². The average molecular weight is 157 g/mol. The second-order valence-corrected chi connectivity index (χ2v) is 3.62. The van der Waals surface area contributed by atoms with Crippen molar-refractivity contribution in [1.29, 1.82) is 0 Å². The van der Waals surface area contributed by atoms with E-state index in [0.717, 1.165) is 12.8 Å². The van der Waals surface area contributed by atoms with Crippen LogP contribution in [0.3, 0.4) is 0 Å². The number of hydrogen-bond acceptors (Lipinski definition) is 2. The van der Waals surface area contributed by atoms with Gasteiger partial charge in [-0.1, -0.05) is 13.8 Å². The summed E-state index contributed by atoms with van der Waals surface area (Å²) >= 11 is 0. The second kappa shape index (κ2) is 2.81. The highest BCUT2D eigenvalue weighted by Crippen LogP contribution is 2.45. The summed E-state index contributed by atoms with van der Waals surface area (Å²) in [7, 11) is 0. The van der Waals surface area contributed by atoms with Gasteiger partial charge in [-0.2, -0.15) is 0 Å². The highest BCUT2D eigenvalue weighted by Gasteiger charge is 2.49. The van der Waals surface area contributed by atoms with E-state index in [2.05, 4.69) is 5.32 Å². The van der Waals surface area contributed by atoms with Crippen LogP contribution in [0.15, 0.2) is 0 Å².